The van der Waals surface area contributed by atoms with Crippen LogP contribution in [0.3, 0.4) is 0 Å². The Morgan fingerprint density at radius 1 is 1.29 bits per heavy atom. The maximum Gasteiger partial charge on any atom is 0.175 e. The van der Waals surface area contributed by atoms with E-state index in [2.05, 4.69) is 5.32 Å². The van der Waals surface area contributed by atoms with Gasteiger partial charge in [-0.05, 0) is 38.6 Å². The normalized spacial score (nSPS) is 24.3. The van der Waals surface area contributed by atoms with Crippen LogP contribution in [-0.2, 0) is 5.54 Å². The van der Waals surface area contributed by atoms with E-state index in [1.54, 1.807) is 6.92 Å². The highest BCUT2D eigenvalue weighted by molar-refractivity contribution is 7.98. The minimum absolute atomic E-state index is 0.0859. The van der Waals surface area contributed by atoms with Crippen LogP contribution in [0.2, 0.25) is 0 Å². The lowest BCUT2D eigenvalue weighted by Crippen LogP contribution is -2.34. The molecule has 1 aromatic carbocycles. The topological polar surface area (TPSA) is 12.0 Å². The van der Waals surface area contributed by atoms with Crippen LogP contribution in [0, 0.1) is 17.5 Å². The van der Waals surface area contributed by atoms with Crippen molar-refractivity contribution in [2.45, 2.75) is 30.2 Å². The fraction of sp³-hybridized carbons (Fsp3) is 0.500. The Labute approximate surface area is 103 Å². The van der Waals surface area contributed by atoms with Crippen LogP contribution in [0.4, 0.5) is 13.2 Å². The van der Waals surface area contributed by atoms with Gasteiger partial charge in [0.05, 0.1) is 4.90 Å². The first kappa shape index (κ1) is 12.8. The van der Waals surface area contributed by atoms with Crippen molar-refractivity contribution < 1.29 is 13.2 Å². The number of halogens is 3. The van der Waals surface area contributed by atoms with Gasteiger partial charge >= 0.3 is 0 Å². The molecule has 1 fully saturated rings. The molecule has 5 heteroatoms. The molecule has 0 aromatic heterocycles. The second-order valence-electron chi connectivity index (χ2n) is 4.43. The van der Waals surface area contributed by atoms with E-state index in [0.29, 0.717) is 6.42 Å². The summed E-state index contributed by atoms with van der Waals surface area (Å²) in [6.45, 7) is 2.51. The van der Waals surface area contributed by atoms with Gasteiger partial charge < -0.3 is 5.32 Å². The van der Waals surface area contributed by atoms with Crippen LogP contribution in [0.15, 0.2) is 11.0 Å². The number of nitrogens with one attached hydrogen (secondary N) is 1. The molecule has 1 aliphatic heterocycles. The van der Waals surface area contributed by atoms with Crippen molar-refractivity contribution in [2.24, 2.45) is 0 Å². The third kappa shape index (κ3) is 2.06. The van der Waals surface area contributed by atoms with Crippen molar-refractivity contribution in [3.63, 3.8) is 0 Å². The molecule has 17 heavy (non-hydrogen) atoms. The summed E-state index contributed by atoms with van der Waals surface area (Å²) in [5.41, 5.74) is -0.578. The second-order valence-corrected chi connectivity index (χ2v) is 5.25. The molecule has 1 aliphatic rings. The fourth-order valence-electron chi connectivity index (χ4n) is 2.29. The molecule has 0 spiro atoms. The van der Waals surface area contributed by atoms with E-state index in [1.807, 2.05) is 0 Å². The number of benzene rings is 1. The summed E-state index contributed by atoms with van der Waals surface area (Å²) in [7, 11) is 0. The van der Waals surface area contributed by atoms with Gasteiger partial charge in [0, 0.05) is 11.1 Å². The molecule has 1 aromatic rings. The Morgan fingerprint density at radius 3 is 2.53 bits per heavy atom. The highest BCUT2D eigenvalue weighted by Crippen LogP contribution is 2.36. The zero-order valence-electron chi connectivity index (χ0n) is 9.74. The molecule has 1 atom stereocenters. The van der Waals surface area contributed by atoms with Crippen LogP contribution in [0.1, 0.15) is 25.3 Å². The largest absolute Gasteiger partial charge is 0.308 e. The highest BCUT2D eigenvalue weighted by Gasteiger charge is 2.35. The van der Waals surface area contributed by atoms with Crippen LogP contribution in [-0.4, -0.2) is 12.8 Å². The Balaban J connectivity index is 2.56. The van der Waals surface area contributed by atoms with Gasteiger partial charge in [-0.1, -0.05) is 0 Å². The van der Waals surface area contributed by atoms with Crippen molar-refractivity contribution in [1.29, 1.82) is 0 Å². The summed E-state index contributed by atoms with van der Waals surface area (Å²) in [6, 6.07) is 1.11. The molecule has 1 saturated heterocycles. The minimum Gasteiger partial charge on any atom is -0.308 e. The SMILES string of the molecule is CSc1c(F)cc(C2(C)CCCN2)c(F)c1F. The van der Waals surface area contributed by atoms with Crippen molar-refractivity contribution in [3.8, 4) is 0 Å². The Bertz CT molecular complexity index is 442. The number of thioether (sulfide) groups is 1. The molecule has 1 N–H and O–H groups in total. The van der Waals surface area contributed by atoms with Crippen LogP contribution >= 0.6 is 11.8 Å². The first-order valence-corrected chi connectivity index (χ1v) is 6.69. The van der Waals surface area contributed by atoms with Gasteiger partial charge in [0.2, 0.25) is 0 Å². The summed E-state index contributed by atoms with van der Waals surface area (Å²) in [4.78, 5) is -0.257. The van der Waals surface area contributed by atoms with E-state index in [1.165, 1.54) is 6.26 Å². The lowest BCUT2D eigenvalue weighted by Gasteiger charge is -2.26. The fourth-order valence-corrected chi connectivity index (χ4v) is 2.81. The summed E-state index contributed by atoms with van der Waals surface area (Å²) in [5.74, 6) is -2.71. The monoisotopic (exact) mass is 261 g/mol. The summed E-state index contributed by atoms with van der Waals surface area (Å²) in [6.07, 6.45) is 3.08. The summed E-state index contributed by atoms with van der Waals surface area (Å²) >= 11 is 0.876. The van der Waals surface area contributed by atoms with Crippen LogP contribution < -0.4 is 5.32 Å². The molecule has 0 saturated carbocycles. The first-order chi connectivity index (χ1) is 7.99. The van der Waals surface area contributed by atoms with Gasteiger partial charge in [0.1, 0.15) is 5.82 Å². The predicted octanol–water partition coefficient (Wildman–Crippen LogP) is 3.42. The molecule has 0 radical (unpaired) electrons. The van der Waals surface area contributed by atoms with Gasteiger partial charge in [-0.3, -0.25) is 0 Å². The maximum atomic E-state index is 13.9. The maximum absolute atomic E-state index is 13.9. The van der Waals surface area contributed by atoms with Crippen molar-refractivity contribution >= 4 is 11.8 Å². The molecule has 0 bridgehead atoms. The van der Waals surface area contributed by atoms with Gasteiger partial charge in [0.25, 0.3) is 0 Å². The quantitative estimate of drug-likeness (QED) is 0.646. The summed E-state index contributed by atoms with van der Waals surface area (Å²) < 4.78 is 41.3. The Hall–Kier alpha value is -0.680. The molecule has 0 aliphatic carbocycles. The molecular formula is C12H14F3NS. The highest BCUT2D eigenvalue weighted by atomic mass is 32.2. The minimum atomic E-state index is -1.08. The van der Waals surface area contributed by atoms with Gasteiger partial charge in [-0.2, -0.15) is 0 Å². The zero-order valence-corrected chi connectivity index (χ0v) is 10.6. The lowest BCUT2D eigenvalue weighted by atomic mass is 9.90. The van der Waals surface area contributed by atoms with E-state index in [4.69, 9.17) is 0 Å². The number of rotatable bonds is 2. The molecular weight excluding hydrogens is 247 g/mol. The average molecular weight is 261 g/mol. The van der Waals surface area contributed by atoms with E-state index < -0.39 is 23.0 Å². The first-order valence-electron chi connectivity index (χ1n) is 5.46. The molecule has 1 heterocycles. The Kier molecular flexibility index (Phi) is 3.41. The third-order valence-corrected chi connectivity index (χ3v) is 4.07. The molecule has 1 nitrogen and oxygen atoms in total. The Morgan fingerprint density at radius 2 is 2.00 bits per heavy atom. The van der Waals surface area contributed by atoms with Crippen molar-refractivity contribution in [1.82, 2.24) is 5.32 Å². The zero-order chi connectivity index (χ0) is 12.6. The van der Waals surface area contributed by atoms with Crippen molar-refractivity contribution in [2.75, 3.05) is 12.8 Å². The van der Waals surface area contributed by atoms with E-state index >= 15 is 0 Å². The van der Waals surface area contributed by atoms with Crippen molar-refractivity contribution in [3.05, 3.63) is 29.1 Å². The average Bonchev–Trinajstić information content (AvgIpc) is 2.72. The third-order valence-electron chi connectivity index (χ3n) is 3.28. The number of hydrogen-bond acceptors (Lipinski definition) is 2. The molecule has 0 amide bonds. The van der Waals surface area contributed by atoms with Gasteiger partial charge in [-0.15, -0.1) is 11.8 Å². The smallest absolute Gasteiger partial charge is 0.175 e. The second kappa shape index (κ2) is 4.53. The predicted molar refractivity (Wildman–Crippen MR) is 62.7 cm³/mol. The van der Waals surface area contributed by atoms with Gasteiger partial charge in [0.15, 0.2) is 11.6 Å². The van der Waals surface area contributed by atoms with E-state index in [9.17, 15) is 13.2 Å². The van der Waals surface area contributed by atoms with Crippen LogP contribution in [0.25, 0.3) is 0 Å². The lowest BCUT2D eigenvalue weighted by molar-refractivity contribution is 0.381. The number of hydrogen-bond donors (Lipinski definition) is 1. The van der Waals surface area contributed by atoms with Gasteiger partial charge in [-0.25, -0.2) is 13.2 Å². The van der Waals surface area contributed by atoms with Crippen LogP contribution in [0.5, 0.6) is 0 Å². The summed E-state index contributed by atoms with van der Waals surface area (Å²) in [5, 5.41) is 3.10. The van der Waals surface area contributed by atoms with E-state index in [-0.39, 0.29) is 10.5 Å². The standard InChI is InChI=1S/C12H14F3NS/c1-12(4-3-5-16-12)7-6-8(13)11(17-2)10(15)9(7)14/h6,16H,3-5H2,1-2H3. The van der Waals surface area contributed by atoms with E-state index in [0.717, 1.165) is 30.8 Å². The molecule has 2 rings (SSSR count). The molecule has 1 unspecified atom stereocenters. The molecule has 94 valence electrons.